The van der Waals surface area contributed by atoms with Crippen LogP contribution < -0.4 is 15.5 Å². The minimum atomic E-state index is -0.319. The Labute approximate surface area is 173 Å². The Morgan fingerprint density at radius 2 is 2.03 bits per heavy atom. The zero-order valence-corrected chi connectivity index (χ0v) is 16.6. The number of hydrogen-bond donors (Lipinski definition) is 2. The molecule has 0 atom stereocenters. The normalized spacial score (nSPS) is 13.9. The molecule has 0 radical (unpaired) electrons. The van der Waals surface area contributed by atoms with Gasteiger partial charge in [0.2, 0.25) is 0 Å². The first kappa shape index (κ1) is 19.2. The van der Waals surface area contributed by atoms with E-state index in [0.717, 1.165) is 24.3 Å². The minimum Gasteiger partial charge on any atom is -0.370 e. The molecule has 0 saturated carbocycles. The smallest absolute Gasteiger partial charge is 0.319 e. The molecule has 2 aromatic heterocycles. The number of pyridine rings is 1. The molecule has 0 aliphatic carbocycles. The number of anilines is 2. The standard InChI is InChI=1S/C20H22ClN7O/c21-17-11-16(6-7-18(17)27-9-2-1-3-10-27)26-20(29)24-12-15-5-4-8-23-19(15)28-14-22-13-25-28/h4-8,11,13-14H,1-3,9-10,12H2,(H2,24,26,29). The van der Waals surface area contributed by atoms with Gasteiger partial charge in [-0.25, -0.2) is 19.4 Å². The van der Waals surface area contributed by atoms with Gasteiger partial charge < -0.3 is 15.5 Å². The fourth-order valence-corrected chi connectivity index (χ4v) is 3.72. The monoisotopic (exact) mass is 411 g/mol. The highest BCUT2D eigenvalue weighted by molar-refractivity contribution is 6.33. The van der Waals surface area contributed by atoms with Crippen molar-refractivity contribution in [1.82, 2.24) is 25.1 Å². The van der Waals surface area contributed by atoms with Crippen LogP contribution >= 0.6 is 11.6 Å². The third-order valence-corrected chi connectivity index (χ3v) is 5.15. The van der Waals surface area contributed by atoms with Crippen LogP contribution in [0.5, 0.6) is 0 Å². The van der Waals surface area contributed by atoms with Gasteiger partial charge >= 0.3 is 6.03 Å². The third kappa shape index (κ3) is 4.65. The van der Waals surface area contributed by atoms with Crippen LogP contribution in [0.3, 0.4) is 0 Å². The minimum absolute atomic E-state index is 0.300. The predicted molar refractivity (Wildman–Crippen MR) is 113 cm³/mol. The molecule has 1 aliphatic rings. The van der Waals surface area contributed by atoms with Crippen LogP contribution in [0.4, 0.5) is 16.2 Å². The Balaban J connectivity index is 1.38. The molecule has 1 fully saturated rings. The van der Waals surface area contributed by atoms with E-state index in [0.29, 0.717) is 23.1 Å². The highest BCUT2D eigenvalue weighted by Gasteiger charge is 2.15. The van der Waals surface area contributed by atoms with E-state index in [1.807, 2.05) is 24.3 Å². The first-order valence-corrected chi connectivity index (χ1v) is 9.97. The number of halogens is 1. The Bertz CT molecular complexity index is 971. The van der Waals surface area contributed by atoms with E-state index >= 15 is 0 Å². The van der Waals surface area contributed by atoms with Gasteiger partial charge in [-0.3, -0.25) is 0 Å². The topological polar surface area (TPSA) is 88.0 Å². The van der Waals surface area contributed by atoms with E-state index in [-0.39, 0.29) is 6.03 Å². The molecular formula is C20H22ClN7O. The number of amides is 2. The largest absolute Gasteiger partial charge is 0.370 e. The fraction of sp³-hybridized carbons (Fsp3) is 0.300. The molecule has 1 aliphatic heterocycles. The maximum atomic E-state index is 12.4. The van der Waals surface area contributed by atoms with Gasteiger partial charge in [0, 0.05) is 37.1 Å². The van der Waals surface area contributed by atoms with Crippen LogP contribution in [0.25, 0.3) is 5.82 Å². The lowest BCUT2D eigenvalue weighted by molar-refractivity contribution is 0.251. The van der Waals surface area contributed by atoms with Crippen molar-refractivity contribution < 1.29 is 4.79 Å². The lowest BCUT2D eigenvalue weighted by Crippen LogP contribution is -2.30. The van der Waals surface area contributed by atoms with Crippen molar-refractivity contribution in [3.05, 3.63) is 59.8 Å². The van der Waals surface area contributed by atoms with Crippen LogP contribution in [0.1, 0.15) is 24.8 Å². The molecule has 1 saturated heterocycles. The van der Waals surface area contributed by atoms with Crippen LogP contribution in [0.2, 0.25) is 5.02 Å². The number of hydrogen-bond acceptors (Lipinski definition) is 5. The van der Waals surface area contributed by atoms with Gasteiger partial charge in [-0.05, 0) is 43.5 Å². The molecule has 2 amide bonds. The summed E-state index contributed by atoms with van der Waals surface area (Å²) in [4.78, 5) is 22.9. The number of carbonyl (C=O) groups is 1. The highest BCUT2D eigenvalue weighted by Crippen LogP contribution is 2.30. The first-order chi connectivity index (χ1) is 14.2. The SMILES string of the molecule is O=C(NCc1cccnc1-n1cncn1)Nc1ccc(N2CCCCC2)c(Cl)c1. The zero-order chi connectivity index (χ0) is 20.1. The molecule has 1 aromatic carbocycles. The van der Waals surface area contributed by atoms with E-state index in [2.05, 4.69) is 30.6 Å². The first-order valence-electron chi connectivity index (χ1n) is 9.59. The van der Waals surface area contributed by atoms with Gasteiger partial charge in [0.15, 0.2) is 5.82 Å². The summed E-state index contributed by atoms with van der Waals surface area (Å²) in [6.07, 6.45) is 8.32. The molecule has 3 aromatic rings. The van der Waals surface area contributed by atoms with Crippen LogP contribution in [0, 0.1) is 0 Å². The lowest BCUT2D eigenvalue weighted by Gasteiger charge is -2.29. The van der Waals surface area contributed by atoms with Gasteiger partial charge in [-0.15, -0.1) is 0 Å². The van der Waals surface area contributed by atoms with Crippen molar-refractivity contribution in [2.45, 2.75) is 25.8 Å². The fourth-order valence-electron chi connectivity index (χ4n) is 3.42. The molecule has 2 N–H and O–H groups in total. The number of aromatic nitrogens is 4. The molecule has 3 heterocycles. The van der Waals surface area contributed by atoms with Gasteiger partial charge in [-0.1, -0.05) is 17.7 Å². The van der Waals surface area contributed by atoms with Crippen molar-refractivity contribution >= 4 is 29.0 Å². The number of nitrogens with zero attached hydrogens (tertiary/aromatic N) is 5. The van der Waals surface area contributed by atoms with E-state index in [1.54, 1.807) is 23.3 Å². The number of carbonyl (C=O) groups excluding carboxylic acids is 1. The molecule has 4 rings (SSSR count). The molecular weight excluding hydrogens is 390 g/mol. The molecule has 9 heteroatoms. The summed E-state index contributed by atoms with van der Waals surface area (Å²) in [5, 5.41) is 10.4. The second kappa shape index (κ2) is 8.91. The maximum Gasteiger partial charge on any atom is 0.319 e. The maximum absolute atomic E-state index is 12.4. The summed E-state index contributed by atoms with van der Waals surface area (Å²) in [6.45, 7) is 2.34. The number of piperidine rings is 1. The van der Waals surface area contributed by atoms with Crippen LogP contribution in [-0.4, -0.2) is 38.9 Å². The lowest BCUT2D eigenvalue weighted by atomic mass is 10.1. The van der Waals surface area contributed by atoms with E-state index < -0.39 is 0 Å². The van der Waals surface area contributed by atoms with Crippen molar-refractivity contribution in [3.63, 3.8) is 0 Å². The van der Waals surface area contributed by atoms with Crippen molar-refractivity contribution in [2.24, 2.45) is 0 Å². The van der Waals surface area contributed by atoms with Gasteiger partial charge in [0.1, 0.15) is 12.7 Å². The number of rotatable bonds is 5. The summed E-state index contributed by atoms with van der Waals surface area (Å²) in [6, 6.07) is 9.01. The number of urea groups is 1. The summed E-state index contributed by atoms with van der Waals surface area (Å²) in [7, 11) is 0. The molecule has 0 spiro atoms. The Hall–Kier alpha value is -3.13. The van der Waals surface area contributed by atoms with Crippen molar-refractivity contribution in [3.8, 4) is 5.82 Å². The zero-order valence-electron chi connectivity index (χ0n) is 15.9. The van der Waals surface area contributed by atoms with Crippen LogP contribution in [-0.2, 0) is 6.54 Å². The van der Waals surface area contributed by atoms with Gasteiger partial charge in [-0.2, -0.15) is 5.10 Å². The van der Waals surface area contributed by atoms with E-state index in [9.17, 15) is 4.79 Å². The Morgan fingerprint density at radius 3 is 2.79 bits per heavy atom. The third-order valence-electron chi connectivity index (χ3n) is 4.84. The summed E-state index contributed by atoms with van der Waals surface area (Å²) in [5.41, 5.74) is 2.49. The molecule has 150 valence electrons. The van der Waals surface area contributed by atoms with E-state index in [4.69, 9.17) is 11.6 Å². The average Bonchev–Trinajstić information content (AvgIpc) is 3.28. The predicted octanol–water partition coefficient (Wildman–Crippen LogP) is 3.63. The average molecular weight is 412 g/mol. The second-order valence-corrected chi connectivity index (χ2v) is 7.25. The quantitative estimate of drug-likeness (QED) is 0.669. The number of nitrogens with one attached hydrogen (secondary N) is 2. The second-order valence-electron chi connectivity index (χ2n) is 6.85. The van der Waals surface area contributed by atoms with E-state index in [1.165, 1.54) is 25.6 Å². The molecule has 0 unspecified atom stereocenters. The molecule has 29 heavy (non-hydrogen) atoms. The Morgan fingerprint density at radius 1 is 1.17 bits per heavy atom. The van der Waals surface area contributed by atoms with Gasteiger partial charge in [0.25, 0.3) is 0 Å². The number of benzene rings is 1. The highest BCUT2D eigenvalue weighted by atomic mass is 35.5. The molecule has 0 bridgehead atoms. The van der Waals surface area contributed by atoms with Gasteiger partial charge in [0.05, 0.1) is 10.7 Å². The van der Waals surface area contributed by atoms with Crippen molar-refractivity contribution in [2.75, 3.05) is 23.3 Å². The van der Waals surface area contributed by atoms with Crippen molar-refractivity contribution in [1.29, 1.82) is 0 Å². The summed E-state index contributed by atoms with van der Waals surface area (Å²) >= 11 is 6.46. The van der Waals surface area contributed by atoms with Crippen LogP contribution in [0.15, 0.2) is 49.2 Å². The molecule has 8 nitrogen and oxygen atoms in total. The Kier molecular flexibility index (Phi) is 5.90. The summed E-state index contributed by atoms with van der Waals surface area (Å²) < 4.78 is 1.56. The summed E-state index contributed by atoms with van der Waals surface area (Å²) in [5.74, 6) is 0.624.